The van der Waals surface area contributed by atoms with Crippen LogP contribution in [0.25, 0.3) is 0 Å². The van der Waals surface area contributed by atoms with Gasteiger partial charge in [-0.2, -0.15) is 0 Å². The van der Waals surface area contributed by atoms with Crippen LogP contribution in [0.4, 0.5) is 0 Å². The van der Waals surface area contributed by atoms with E-state index in [2.05, 4.69) is 142 Å². The number of allylic oxidation sites excluding steroid dienone is 20. The Balaban J connectivity index is 4.50. The SMILES string of the molecule is CC/C=C\C/C=C\C/C=C\C/C=C\CCCCCCC(=O)OCC(COC(=O)CCCCC/C=C\C/C=C\C/C=C\CC)OC(=O)CCCCCCCCC/C=C\C/C=C\C/C=C\CC. The summed E-state index contributed by atoms with van der Waals surface area (Å²) >= 11 is 0. The third-order valence-electron chi connectivity index (χ3n) is 10.4. The molecule has 0 rings (SSSR count). The van der Waals surface area contributed by atoms with E-state index in [0.717, 1.165) is 154 Å². The van der Waals surface area contributed by atoms with Gasteiger partial charge in [-0.05, 0) is 122 Å². The second-order valence-corrected chi connectivity index (χ2v) is 16.6. The molecule has 0 radical (unpaired) electrons. The molecule has 0 N–H and O–H groups in total. The minimum atomic E-state index is -0.809. The van der Waals surface area contributed by atoms with Crippen molar-refractivity contribution < 1.29 is 28.6 Å². The molecule has 1 atom stereocenters. The van der Waals surface area contributed by atoms with Crippen LogP contribution in [-0.2, 0) is 28.6 Å². The lowest BCUT2D eigenvalue weighted by Crippen LogP contribution is -2.30. The molecule has 0 saturated heterocycles. The van der Waals surface area contributed by atoms with Crippen molar-refractivity contribution in [2.24, 2.45) is 0 Å². The molecule has 6 nitrogen and oxygen atoms in total. The zero-order valence-electron chi connectivity index (χ0n) is 41.7. The van der Waals surface area contributed by atoms with Crippen LogP contribution in [0.1, 0.15) is 213 Å². The summed E-state index contributed by atoms with van der Waals surface area (Å²) in [5, 5.41) is 0. The van der Waals surface area contributed by atoms with Gasteiger partial charge < -0.3 is 14.2 Å². The van der Waals surface area contributed by atoms with Crippen LogP contribution in [-0.4, -0.2) is 37.2 Å². The van der Waals surface area contributed by atoms with Crippen molar-refractivity contribution in [1.82, 2.24) is 0 Å². The minimum Gasteiger partial charge on any atom is -0.462 e. The average molecular weight is 899 g/mol. The third-order valence-corrected chi connectivity index (χ3v) is 10.4. The highest BCUT2D eigenvalue weighted by molar-refractivity contribution is 5.71. The van der Waals surface area contributed by atoms with Crippen LogP contribution in [0, 0.1) is 0 Å². The third kappa shape index (κ3) is 50.7. The number of hydrogen-bond acceptors (Lipinski definition) is 6. The van der Waals surface area contributed by atoms with E-state index in [1.807, 2.05) is 0 Å². The summed E-state index contributed by atoms with van der Waals surface area (Å²) in [5.74, 6) is -0.976. The van der Waals surface area contributed by atoms with E-state index in [4.69, 9.17) is 14.2 Å². The van der Waals surface area contributed by atoms with Crippen molar-refractivity contribution in [2.45, 2.75) is 219 Å². The standard InChI is InChI=1S/C59H94O6/c1-4-7-10-13-16-19-22-25-27-29-31-34-37-40-43-46-49-52-58(61)64-55-56(54-63-57(60)51-48-45-42-39-36-33-24-21-18-15-12-9-6-3)65-59(62)53-50-47-44-41-38-35-32-30-28-26-23-20-17-14-11-8-5-2/h7-12,16-21,25-28,31,33-34,36,56H,4-6,13-15,22-24,29-30,32,35,37-55H2,1-3H3/b10-7-,11-8-,12-9-,19-16-,20-17-,21-18-,27-25-,28-26-,34-31-,36-33-. The van der Waals surface area contributed by atoms with Crippen LogP contribution >= 0.6 is 0 Å². The van der Waals surface area contributed by atoms with Gasteiger partial charge in [0, 0.05) is 19.3 Å². The number of hydrogen-bond donors (Lipinski definition) is 0. The fraction of sp³-hybridized carbons (Fsp3) is 0.610. The predicted octanol–water partition coefficient (Wildman–Crippen LogP) is 17.3. The summed E-state index contributed by atoms with van der Waals surface area (Å²) in [6.45, 7) is 6.23. The second kappa shape index (κ2) is 52.4. The van der Waals surface area contributed by atoms with E-state index in [-0.39, 0.29) is 31.1 Å². The molecule has 0 aliphatic rings. The Morgan fingerprint density at radius 1 is 0.308 bits per heavy atom. The maximum Gasteiger partial charge on any atom is 0.306 e. The van der Waals surface area contributed by atoms with E-state index in [0.29, 0.717) is 19.3 Å². The number of carbonyl (C=O) groups is 3. The molecule has 65 heavy (non-hydrogen) atoms. The van der Waals surface area contributed by atoms with Crippen molar-refractivity contribution in [3.8, 4) is 0 Å². The van der Waals surface area contributed by atoms with Crippen LogP contribution in [0.2, 0.25) is 0 Å². The largest absolute Gasteiger partial charge is 0.462 e. The maximum atomic E-state index is 12.8. The fourth-order valence-electron chi connectivity index (χ4n) is 6.64. The van der Waals surface area contributed by atoms with Gasteiger partial charge in [-0.3, -0.25) is 14.4 Å². The first-order valence-electron chi connectivity index (χ1n) is 26.0. The van der Waals surface area contributed by atoms with Gasteiger partial charge in [0.2, 0.25) is 0 Å². The van der Waals surface area contributed by atoms with Gasteiger partial charge in [-0.25, -0.2) is 0 Å². The Bertz CT molecular complexity index is 1400. The molecule has 366 valence electrons. The molecule has 0 amide bonds. The number of ether oxygens (including phenoxy) is 3. The van der Waals surface area contributed by atoms with Gasteiger partial charge in [0.1, 0.15) is 13.2 Å². The van der Waals surface area contributed by atoms with Gasteiger partial charge >= 0.3 is 17.9 Å². The fourth-order valence-corrected chi connectivity index (χ4v) is 6.64. The first-order valence-corrected chi connectivity index (χ1v) is 26.0. The van der Waals surface area contributed by atoms with E-state index < -0.39 is 6.10 Å². The van der Waals surface area contributed by atoms with E-state index in [1.165, 1.54) is 19.3 Å². The van der Waals surface area contributed by atoms with Crippen molar-refractivity contribution >= 4 is 17.9 Å². The van der Waals surface area contributed by atoms with Crippen LogP contribution in [0.3, 0.4) is 0 Å². The van der Waals surface area contributed by atoms with Gasteiger partial charge in [0.25, 0.3) is 0 Å². The highest BCUT2D eigenvalue weighted by Gasteiger charge is 2.19. The van der Waals surface area contributed by atoms with Crippen LogP contribution < -0.4 is 0 Å². The monoisotopic (exact) mass is 899 g/mol. The summed E-state index contributed by atoms with van der Waals surface area (Å²) in [7, 11) is 0. The molecule has 0 aromatic carbocycles. The lowest BCUT2D eigenvalue weighted by Gasteiger charge is -2.18. The lowest BCUT2D eigenvalue weighted by atomic mass is 10.1. The van der Waals surface area contributed by atoms with E-state index in [1.54, 1.807) is 0 Å². The smallest absolute Gasteiger partial charge is 0.306 e. The Kier molecular flexibility index (Phi) is 49.1. The molecule has 0 heterocycles. The molecule has 1 unspecified atom stereocenters. The zero-order valence-corrected chi connectivity index (χ0v) is 41.7. The molecule has 0 spiro atoms. The van der Waals surface area contributed by atoms with Crippen molar-refractivity contribution in [2.75, 3.05) is 13.2 Å². The van der Waals surface area contributed by atoms with Gasteiger partial charge in [-0.15, -0.1) is 0 Å². The van der Waals surface area contributed by atoms with Crippen molar-refractivity contribution in [3.05, 3.63) is 122 Å². The van der Waals surface area contributed by atoms with Gasteiger partial charge in [0.05, 0.1) is 0 Å². The molecule has 0 aliphatic carbocycles. The van der Waals surface area contributed by atoms with Crippen molar-refractivity contribution in [1.29, 1.82) is 0 Å². The molecular formula is C59H94O6. The Morgan fingerprint density at radius 3 is 0.877 bits per heavy atom. The summed E-state index contributed by atoms with van der Waals surface area (Å²) in [4.78, 5) is 38.0. The first kappa shape index (κ1) is 60.8. The van der Waals surface area contributed by atoms with Crippen LogP contribution in [0.5, 0.6) is 0 Å². The average Bonchev–Trinajstić information content (AvgIpc) is 3.30. The summed E-state index contributed by atoms with van der Waals surface area (Å²) < 4.78 is 16.8. The number of carbonyl (C=O) groups excluding carboxylic acids is 3. The lowest BCUT2D eigenvalue weighted by molar-refractivity contribution is -0.167. The molecule has 6 heteroatoms. The summed E-state index contributed by atoms with van der Waals surface area (Å²) in [6, 6.07) is 0. The molecule has 0 aliphatic heterocycles. The number of esters is 3. The predicted molar refractivity (Wildman–Crippen MR) is 279 cm³/mol. The second-order valence-electron chi connectivity index (χ2n) is 16.6. The van der Waals surface area contributed by atoms with Crippen LogP contribution in [0.15, 0.2) is 122 Å². The number of unbranched alkanes of at least 4 members (excludes halogenated alkanes) is 14. The zero-order chi connectivity index (χ0) is 47.2. The quantitative estimate of drug-likeness (QED) is 0.0262. The van der Waals surface area contributed by atoms with Gasteiger partial charge in [-0.1, -0.05) is 194 Å². The summed E-state index contributed by atoms with van der Waals surface area (Å²) in [5.41, 5.74) is 0. The Labute approximate surface area is 399 Å². The molecule has 0 fully saturated rings. The van der Waals surface area contributed by atoms with Crippen molar-refractivity contribution in [3.63, 3.8) is 0 Å². The van der Waals surface area contributed by atoms with Gasteiger partial charge in [0.15, 0.2) is 6.10 Å². The molecular weight excluding hydrogens is 805 g/mol. The summed E-state index contributed by atoms with van der Waals surface area (Å²) in [6.07, 6.45) is 71.8. The first-order chi connectivity index (χ1) is 32.0. The highest BCUT2D eigenvalue weighted by atomic mass is 16.6. The Morgan fingerprint density at radius 2 is 0.554 bits per heavy atom. The normalized spacial score (nSPS) is 13.1. The topological polar surface area (TPSA) is 78.9 Å². The van der Waals surface area contributed by atoms with E-state index >= 15 is 0 Å². The van der Waals surface area contributed by atoms with E-state index in [9.17, 15) is 14.4 Å². The molecule has 0 bridgehead atoms. The molecule has 0 aromatic rings. The number of rotatable bonds is 45. The minimum absolute atomic E-state index is 0.108. The molecule has 0 saturated carbocycles. The highest BCUT2D eigenvalue weighted by Crippen LogP contribution is 2.13. The molecule has 0 aromatic heterocycles. The Hall–Kier alpha value is -4.19. The maximum absolute atomic E-state index is 12.8.